The number of aromatic nitrogens is 2. The smallest absolute Gasteiger partial charge is 0.327 e. The molecule has 5 nitrogen and oxygen atoms in total. The van der Waals surface area contributed by atoms with E-state index in [1.165, 1.54) is 29.1 Å². The van der Waals surface area contributed by atoms with E-state index in [0.29, 0.717) is 12.1 Å². The van der Waals surface area contributed by atoms with Gasteiger partial charge in [0, 0.05) is 24.5 Å². The summed E-state index contributed by atoms with van der Waals surface area (Å²) in [6.07, 6.45) is -1.25. The molecule has 0 saturated carbocycles. The highest BCUT2D eigenvalue weighted by molar-refractivity contribution is 5.95. The Morgan fingerprint density at radius 1 is 1.30 bits per heavy atom. The summed E-state index contributed by atoms with van der Waals surface area (Å²) in [4.78, 5) is 27.4. The van der Waals surface area contributed by atoms with Crippen LogP contribution in [0.2, 0.25) is 0 Å². The van der Waals surface area contributed by atoms with Gasteiger partial charge in [-0.2, -0.15) is 13.2 Å². The van der Waals surface area contributed by atoms with Crippen molar-refractivity contribution in [3.8, 4) is 5.69 Å². The lowest BCUT2D eigenvalue weighted by Crippen LogP contribution is -2.44. The number of halogens is 3. The van der Waals surface area contributed by atoms with Gasteiger partial charge in [0.15, 0.2) is 0 Å². The number of nitrogens with zero attached hydrogens (tertiary/aromatic N) is 2. The topological polar surface area (TPSA) is 58.1 Å². The molecule has 122 valence electrons. The molecule has 1 saturated heterocycles. The van der Waals surface area contributed by atoms with Crippen LogP contribution in [0.5, 0.6) is 0 Å². The molecule has 3 rings (SSSR count). The number of hydrogen-bond acceptors (Lipinski definition) is 2. The van der Waals surface area contributed by atoms with Crippen LogP contribution in [-0.2, 0) is 0 Å². The number of amides is 1. The van der Waals surface area contributed by atoms with Gasteiger partial charge in [0.2, 0.25) is 0 Å². The van der Waals surface area contributed by atoms with Gasteiger partial charge in [-0.25, -0.2) is 4.79 Å². The maximum absolute atomic E-state index is 13.0. The number of hydrogen-bond donors (Lipinski definition) is 1. The highest BCUT2D eigenvalue weighted by Gasteiger charge is 2.47. The predicted octanol–water partition coefficient (Wildman–Crippen LogP) is 2.33. The first-order chi connectivity index (χ1) is 10.9. The molecule has 1 N–H and O–H groups in total. The van der Waals surface area contributed by atoms with Crippen LogP contribution >= 0.6 is 0 Å². The van der Waals surface area contributed by atoms with Gasteiger partial charge in [-0.15, -0.1) is 0 Å². The normalized spacial score (nSPS) is 18.4. The molecule has 0 aliphatic carbocycles. The monoisotopic (exact) mass is 325 g/mol. The molecular formula is C15H14F3N3O2. The molecule has 23 heavy (non-hydrogen) atoms. The van der Waals surface area contributed by atoms with Crippen LogP contribution in [0.4, 0.5) is 13.2 Å². The summed E-state index contributed by atoms with van der Waals surface area (Å²) in [7, 11) is 0. The highest BCUT2D eigenvalue weighted by atomic mass is 19.4. The third-order valence-corrected chi connectivity index (χ3v) is 3.91. The van der Waals surface area contributed by atoms with Crippen LogP contribution < -0.4 is 5.69 Å². The van der Waals surface area contributed by atoms with Crippen LogP contribution in [-0.4, -0.2) is 39.1 Å². The zero-order chi connectivity index (χ0) is 16.6. The van der Waals surface area contributed by atoms with Crippen LogP contribution in [0.15, 0.2) is 41.5 Å². The minimum absolute atomic E-state index is 0.0772. The van der Waals surface area contributed by atoms with E-state index in [2.05, 4.69) is 4.98 Å². The highest BCUT2D eigenvalue weighted by Crippen LogP contribution is 2.33. The number of alkyl halides is 3. The Morgan fingerprint density at radius 2 is 2.09 bits per heavy atom. The minimum atomic E-state index is -4.43. The van der Waals surface area contributed by atoms with Gasteiger partial charge >= 0.3 is 11.9 Å². The molecule has 1 aromatic heterocycles. The van der Waals surface area contributed by atoms with Gasteiger partial charge in [0.1, 0.15) is 6.04 Å². The van der Waals surface area contributed by atoms with Crippen molar-refractivity contribution < 1.29 is 18.0 Å². The third-order valence-electron chi connectivity index (χ3n) is 3.91. The van der Waals surface area contributed by atoms with E-state index in [1.54, 1.807) is 12.1 Å². The molecule has 2 aromatic rings. The summed E-state index contributed by atoms with van der Waals surface area (Å²) < 4.78 is 40.3. The molecular weight excluding hydrogens is 311 g/mol. The number of aromatic amines is 1. The molecule has 1 fully saturated rings. The first kappa shape index (κ1) is 15.4. The zero-order valence-electron chi connectivity index (χ0n) is 12.0. The van der Waals surface area contributed by atoms with Gasteiger partial charge < -0.3 is 9.88 Å². The van der Waals surface area contributed by atoms with Crippen LogP contribution in [0.3, 0.4) is 0 Å². The van der Waals surface area contributed by atoms with Crippen LogP contribution in [0.25, 0.3) is 5.69 Å². The van der Waals surface area contributed by atoms with Gasteiger partial charge in [-0.05, 0) is 31.0 Å². The fourth-order valence-corrected chi connectivity index (χ4v) is 2.83. The quantitative estimate of drug-likeness (QED) is 0.921. The van der Waals surface area contributed by atoms with Crippen LogP contribution in [0, 0.1) is 0 Å². The second kappa shape index (κ2) is 5.60. The third kappa shape index (κ3) is 2.88. The molecule has 2 heterocycles. The van der Waals surface area contributed by atoms with E-state index in [-0.39, 0.29) is 24.2 Å². The lowest BCUT2D eigenvalue weighted by atomic mass is 10.1. The summed E-state index contributed by atoms with van der Waals surface area (Å²) >= 11 is 0. The second-order valence-electron chi connectivity index (χ2n) is 5.38. The fraction of sp³-hybridized carbons (Fsp3) is 0.333. The van der Waals surface area contributed by atoms with Crippen molar-refractivity contribution in [2.45, 2.75) is 25.1 Å². The first-order valence-corrected chi connectivity index (χ1v) is 7.12. The summed E-state index contributed by atoms with van der Waals surface area (Å²) in [5, 5.41) is 0. The van der Waals surface area contributed by atoms with Crippen molar-refractivity contribution in [1.82, 2.24) is 14.5 Å². The van der Waals surface area contributed by atoms with E-state index < -0.39 is 18.1 Å². The number of imidazole rings is 1. The molecule has 1 aliphatic rings. The largest absolute Gasteiger partial charge is 0.408 e. The molecule has 0 spiro atoms. The molecule has 8 heteroatoms. The maximum Gasteiger partial charge on any atom is 0.408 e. The Labute approximate surface area is 129 Å². The summed E-state index contributed by atoms with van der Waals surface area (Å²) in [6.45, 7) is 0.0807. The van der Waals surface area contributed by atoms with E-state index in [0.717, 1.165) is 4.90 Å². The van der Waals surface area contributed by atoms with Crippen molar-refractivity contribution >= 4 is 5.91 Å². The van der Waals surface area contributed by atoms with E-state index in [1.807, 2.05) is 0 Å². The molecule has 1 atom stereocenters. The molecule has 0 unspecified atom stereocenters. The number of nitrogens with one attached hydrogen (secondary N) is 1. The van der Waals surface area contributed by atoms with Crippen molar-refractivity contribution in [3.05, 3.63) is 52.7 Å². The van der Waals surface area contributed by atoms with Crippen LogP contribution in [0.1, 0.15) is 23.2 Å². The zero-order valence-corrected chi connectivity index (χ0v) is 12.0. The number of benzene rings is 1. The Hall–Kier alpha value is -2.51. The second-order valence-corrected chi connectivity index (χ2v) is 5.38. The molecule has 1 aliphatic heterocycles. The number of likely N-dealkylation sites (tertiary alicyclic amines) is 1. The van der Waals surface area contributed by atoms with Crippen molar-refractivity contribution in [2.75, 3.05) is 6.54 Å². The first-order valence-electron chi connectivity index (χ1n) is 7.12. The number of carbonyl (C=O) groups excluding carboxylic acids is 1. The molecule has 0 bridgehead atoms. The Kier molecular flexibility index (Phi) is 3.75. The summed E-state index contributed by atoms with van der Waals surface area (Å²) in [5.41, 5.74) is 0.167. The predicted molar refractivity (Wildman–Crippen MR) is 76.5 cm³/mol. The van der Waals surface area contributed by atoms with Crippen molar-refractivity contribution in [2.24, 2.45) is 0 Å². The summed E-state index contributed by atoms with van der Waals surface area (Å²) in [5.74, 6) is -0.671. The average molecular weight is 325 g/mol. The van der Waals surface area contributed by atoms with Gasteiger partial charge in [-0.3, -0.25) is 9.36 Å². The lowest BCUT2D eigenvalue weighted by molar-refractivity contribution is -0.169. The molecule has 0 radical (unpaired) electrons. The Balaban J connectivity index is 1.92. The maximum atomic E-state index is 13.0. The number of H-pyrrole nitrogens is 1. The van der Waals surface area contributed by atoms with Gasteiger partial charge in [0.25, 0.3) is 5.91 Å². The van der Waals surface area contributed by atoms with Gasteiger partial charge in [-0.1, -0.05) is 6.07 Å². The fourth-order valence-electron chi connectivity index (χ4n) is 2.83. The van der Waals surface area contributed by atoms with Gasteiger partial charge in [0.05, 0.1) is 5.69 Å². The molecule has 1 aromatic carbocycles. The van der Waals surface area contributed by atoms with Crippen molar-refractivity contribution in [1.29, 1.82) is 0 Å². The van der Waals surface area contributed by atoms with E-state index >= 15 is 0 Å². The summed E-state index contributed by atoms with van der Waals surface area (Å²) in [6, 6.07) is 4.28. The SMILES string of the molecule is O=C(c1cccc(-n2cc[nH]c2=O)c1)N1CCC[C@H]1C(F)(F)F. The Morgan fingerprint density at radius 3 is 2.74 bits per heavy atom. The number of rotatable bonds is 2. The van der Waals surface area contributed by atoms with E-state index in [4.69, 9.17) is 0 Å². The lowest BCUT2D eigenvalue weighted by Gasteiger charge is -2.26. The van der Waals surface area contributed by atoms with Crippen molar-refractivity contribution in [3.63, 3.8) is 0 Å². The minimum Gasteiger partial charge on any atom is -0.327 e. The van der Waals surface area contributed by atoms with E-state index in [9.17, 15) is 22.8 Å². The Bertz CT molecular complexity index is 779. The number of carbonyl (C=O) groups is 1. The molecule has 1 amide bonds. The standard InChI is InChI=1S/C15H14F3N3O2/c16-15(17,18)12-5-2-7-21(12)13(22)10-3-1-4-11(9-10)20-8-6-19-14(20)23/h1,3-4,6,8-9,12H,2,5,7H2,(H,19,23)/t12-/m0/s1. The average Bonchev–Trinajstić information content (AvgIpc) is 3.14.